The maximum Gasteiger partial charge on any atom is 0.278 e. The monoisotopic (exact) mass is 942 g/mol. The Hall–Kier alpha value is -6.49. The number of aromatic nitrogens is 6. The van der Waals surface area contributed by atoms with E-state index in [0.717, 1.165) is 79.8 Å². The number of hydrogen-bond donors (Lipinski definition) is 3. The minimum atomic E-state index is -1.57. The highest BCUT2D eigenvalue weighted by Gasteiger charge is 2.41. The lowest BCUT2D eigenvalue weighted by Gasteiger charge is -2.43. The zero-order valence-electron chi connectivity index (χ0n) is 40.0. The van der Waals surface area contributed by atoms with E-state index in [9.17, 15) is 9.90 Å². The Morgan fingerprint density at radius 1 is 0.928 bits per heavy atom. The van der Waals surface area contributed by atoms with Gasteiger partial charge in [-0.3, -0.25) is 14.6 Å². The number of H-pyrrole nitrogens is 1. The third kappa shape index (κ3) is 10.1. The second-order valence-corrected chi connectivity index (χ2v) is 19.5. The number of ether oxygens (including phenoxy) is 1. The Kier molecular flexibility index (Phi) is 13.4. The van der Waals surface area contributed by atoms with Gasteiger partial charge in [-0.15, -0.1) is 6.58 Å². The van der Waals surface area contributed by atoms with E-state index in [1.165, 1.54) is 36.9 Å². The van der Waals surface area contributed by atoms with Crippen molar-refractivity contribution in [3.8, 4) is 11.6 Å². The highest BCUT2D eigenvalue weighted by molar-refractivity contribution is 5.85. The fourth-order valence-electron chi connectivity index (χ4n) is 9.81. The van der Waals surface area contributed by atoms with Gasteiger partial charge in [0, 0.05) is 90.6 Å². The largest absolute Gasteiger partial charge is 0.493 e. The lowest BCUT2D eigenvalue weighted by molar-refractivity contribution is 0.0642. The lowest BCUT2D eigenvalue weighted by atomic mass is 9.87. The first kappa shape index (κ1) is 47.6. The predicted molar refractivity (Wildman–Crippen MR) is 266 cm³/mol. The molecule has 2 aliphatic heterocycles. The molecule has 13 nitrogen and oxygen atoms in total. The van der Waals surface area contributed by atoms with Gasteiger partial charge >= 0.3 is 0 Å². The zero-order chi connectivity index (χ0) is 48.6. The third-order valence-electron chi connectivity index (χ3n) is 13.2. The third-order valence-corrected chi connectivity index (χ3v) is 13.2. The van der Waals surface area contributed by atoms with Crippen LogP contribution in [-0.4, -0.2) is 102 Å². The quantitative estimate of drug-likeness (QED) is 0.0600. The van der Waals surface area contributed by atoms with Gasteiger partial charge in [0.1, 0.15) is 34.0 Å². The highest BCUT2D eigenvalue weighted by atomic mass is 19.1. The molecule has 69 heavy (non-hydrogen) atoms. The van der Waals surface area contributed by atoms with Crippen LogP contribution in [0.1, 0.15) is 82.4 Å². The molecule has 0 saturated carbocycles. The number of anilines is 3. The van der Waals surface area contributed by atoms with Crippen LogP contribution in [0.4, 0.5) is 30.5 Å². The molecule has 2 atom stereocenters. The second kappa shape index (κ2) is 19.5. The van der Waals surface area contributed by atoms with Crippen LogP contribution in [0.5, 0.6) is 5.75 Å². The molecular weight excluding hydrogens is 882 g/mol. The van der Waals surface area contributed by atoms with Crippen LogP contribution < -0.4 is 20.5 Å². The molecule has 4 aromatic heterocycles. The van der Waals surface area contributed by atoms with Gasteiger partial charge in [-0.25, -0.2) is 32.5 Å². The molecule has 0 amide bonds. The molecule has 0 aliphatic carbocycles. The minimum Gasteiger partial charge on any atom is -0.493 e. The fraction of sp³-hybridized carbons (Fsp3) is 0.396. The van der Waals surface area contributed by atoms with Crippen molar-refractivity contribution >= 4 is 39.3 Å². The van der Waals surface area contributed by atoms with Crippen molar-refractivity contribution in [1.29, 1.82) is 0 Å². The first-order valence-electron chi connectivity index (χ1n) is 23.9. The van der Waals surface area contributed by atoms with E-state index in [4.69, 9.17) is 9.72 Å². The van der Waals surface area contributed by atoms with E-state index in [1.807, 2.05) is 48.2 Å². The van der Waals surface area contributed by atoms with Crippen molar-refractivity contribution in [3.63, 3.8) is 0 Å². The molecule has 2 aliphatic rings. The molecule has 7 aromatic rings. The number of halogens is 3. The Balaban J connectivity index is 0.758. The predicted octanol–water partition coefficient (Wildman–Crippen LogP) is 9.35. The number of pyridine rings is 1. The summed E-state index contributed by atoms with van der Waals surface area (Å²) in [5, 5.41) is 15.3. The number of aromatic amines is 1. The Morgan fingerprint density at radius 3 is 2.38 bits per heavy atom. The molecule has 16 heteroatoms. The van der Waals surface area contributed by atoms with Gasteiger partial charge in [0.05, 0.1) is 24.9 Å². The van der Waals surface area contributed by atoms with Gasteiger partial charge in [-0.05, 0) is 115 Å². The van der Waals surface area contributed by atoms with Crippen molar-refractivity contribution in [1.82, 2.24) is 39.1 Å². The van der Waals surface area contributed by atoms with Crippen molar-refractivity contribution < 1.29 is 23.0 Å². The van der Waals surface area contributed by atoms with E-state index >= 15 is 13.2 Å². The summed E-state index contributed by atoms with van der Waals surface area (Å²) >= 11 is 0. The molecule has 0 radical (unpaired) electrons. The first-order valence-corrected chi connectivity index (χ1v) is 23.9. The average Bonchev–Trinajstić information content (AvgIpc) is 3.81. The number of para-hydroxylation sites is 1. The molecule has 3 N–H and O–H groups in total. The number of allylic oxidation sites excluding steroid dienone is 1. The van der Waals surface area contributed by atoms with E-state index < -0.39 is 28.9 Å². The van der Waals surface area contributed by atoms with E-state index in [-0.39, 0.29) is 36.0 Å². The van der Waals surface area contributed by atoms with Gasteiger partial charge in [0.15, 0.2) is 11.5 Å². The Bertz CT molecular complexity index is 2990. The van der Waals surface area contributed by atoms with E-state index in [1.54, 1.807) is 42.8 Å². The highest BCUT2D eigenvalue weighted by Crippen LogP contribution is 2.44. The average molecular weight is 943 g/mol. The van der Waals surface area contributed by atoms with Crippen LogP contribution >= 0.6 is 0 Å². The smallest absolute Gasteiger partial charge is 0.278 e. The SMILES string of the molecule is C=CCn1c(=O)c2cnc(Nc3ccc(N4CCN(CCCCCOc5cc(F)c([C@@H]6c7[nH]c8ccccc8c7C[C@@H](C)N6CC(C)(C)F)c(F)c5)CC4)cc3)nc2n1-c1cccc(C(C)(C)O)n1. The number of alkyl halides is 1. The summed E-state index contributed by atoms with van der Waals surface area (Å²) in [5.74, 6) is -0.518. The van der Waals surface area contributed by atoms with Crippen molar-refractivity contribution in [3.05, 3.63) is 142 Å². The van der Waals surface area contributed by atoms with Gasteiger partial charge < -0.3 is 25.0 Å². The maximum absolute atomic E-state index is 16.1. The van der Waals surface area contributed by atoms with Crippen molar-refractivity contribution in [2.45, 2.75) is 90.2 Å². The zero-order valence-corrected chi connectivity index (χ0v) is 40.0. The number of benzene rings is 3. The number of piperazine rings is 1. The van der Waals surface area contributed by atoms with Crippen LogP contribution in [0.3, 0.4) is 0 Å². The molecule has 362 valence electrons. The first-order chi connectivity index (χ1) is 33.1. The summed E-state index contributed by atoms with van der Waals surface area (Å²) in [6.45, 7) is 17.3. The number of hydrogen-bond acceptors (Lipinski definition) is 10. The van der Waals surface area contributed by atoms with Crippen molar-refractivity contribution in [2.75, 3.05) is 56.1 Å². The summed E-state index contributed by atoms with van der Waals surface area (Å²) in [6.07, 6.45) is 6.42. The fourth-order valence-corrected chi connectivity index (χ4v) is 9.81. The number of unbranched alkanes of at least 4 members (excludes halogenated alkanes) is 2. The van der Waals surface area contributed by atoms with E-state index in [0.29, 0.717) is 47.2 Å². The molecule has 6 heterocycles. The molecule has 0 spiro atoms. The van der Waals surface area contributed by atoms with E-state index in [2.05, 4.69) is 48.8 Å². The lowest BCUT2D eigenvalue weighted by Crippen LogP contribution is -2.48. The molecule has 0 unspecified atom stereocenters. The Labute approximate surface area is 400 Å². The summed E-state index contributed by atoms with van der Waals surface area (Å²) < 4.78 is 56.5. The molecule has 1 fully saturated rings. The Morgan fingerprint density at radius 2 is 1.67 bits per heavy atom. The summed E-state index contributed by atoms with van der Waals surface area (Å²) in [7, 11) is 0. The maximum atomic E-state index is 16.1. The summed E-state index contributed by atoms with van der Waals surface area (Å²) in [6, 6.07) is 22.8. The van der Waals surface area contributed by atoms with Gasteiger partial charge in [0.2, 0.25) is 5.95 Å². The summed E-state index contributed by atoms with van der Waals surface area (Å²) in [4.78, 5) is 37.4. The molecule has 0 bridgehead atoms. The topological polar surface area (TPSA) is 133 Å². The summed E-state index contributed by atoms with van der Waals surface area (Å²) in [5.41, 5.74) is 2.21. The van der Waals surface area contributed by atoms with Crippen LogP contribution in [0, 0.1) is 11.6 Å². The number of aliphatic hydroxyl groups is 1. The number of rotatable bonds is 17. The second-order valence-electron chi connectivity index (χ2n) is 19.5. The van der Waals surface area contributed by atoms with Crippen LogP contribution in [0.2, 0.25) is 0 Å². The van der Waals surface area contributed by atoms with Crippen LogP contribution in [0.25, 0.3) is 27.8 Å². The van der Waals surface area contributed by atoms with Gasteiger partial charge in [0.25, 0.3) is 5.56 Å². The van der Waals surface area contributed by atoms with Gasteiger partial charge in [-0.2, -0.15) is 4.98 Å². The van der Waals surface area contributed by atoms with Crippen molar-refractivity contribution in [2.24, 2.45) is 0 Å². The standard InChI is InChI=1S/C53H61F3N10O3/c1-7-22-65-50(67)40-32-57-51(61-49(40)66(65)45-17-13-16-44(60-45)53(5,6)68)58-35-18-20-36(21-19-35)63-26-24-62(25-27-63)23-11-8-12-28-69-37-30-41(54)46(42(55)31-37)48-47-39(38-14-9-10-15-43(38)59-47)29-34(2)64(48)33-52(3,4)56/h7,9-10,13-21,30-32,34,48,59,68H,1,8,11-12,22-29,33H2,2-6H3,(H,57,58,61)/t34-,48-/m1/s1. The molecule has 1 saturated heterocycles. The number of nitrogens with zero attached hydrogens (tertiary/aromatic N) is 8. The van der Waals surface area contributed by atoms with Gasteiger partial charge in [-0.1, -0.05) is 30.3 Å². The molecule has 3 aromatic carbocycles. The molecular formula is C53H61F3N10O3. The molecule has 9 rings (SSSR count). The minimum absolute atomic E-state index is 0.0204. The number of nitrogens with one attached hydrogen (secondary N) is 2. The normalized spacial score (nSPS) is 17.1. The van der Waals surface area contributed by atoms with Crippen LogP contribution in [-0.2, 0) is 18.6 Å². The number of fused-ring (bicyclic) bond motifs is 4. The van der Waals surface area contributed by atoms with Crippen LogP contribution in [0.15, 0.2) is 103 Å².